The second-order valence-electron chi connectivity index (χ2n) is 7.96. The molecule has 0 radical (unpaired) electrons. The lowest BCUT2D eigenvalue weighted by molar-refractivity contribution is 0.764. The fourth-order valence-corrected chi connectivity index (χ4v) is 5.50. The first-order valence-electron chi connectivity index (χ1n) is 10.3. The number of nitrogens with zero attached hydrogens (tertiary/aromatic N) is 4. The van der Waals surface area contributed by atoms with Gasteiger partial charge in [0.05, 0.1) is 12.1 Å². The summed E-state index contributed by atoms with van der Waals surface area (Å²) in [5.41, 5.74) is 4.31. The lowest BCUT2D eigenvalue weighted by Gasteiger charge is -2.11. The fraction of sp³-hybridized carbons (Fsp3) is 0.208. The second-order valence-corrected chi connectivity index (χ2v) is 10.3. The van der Waals surface area contributed by atoms with E-state index in [4.69, 9.17) is 11.6 Å². The highest BCUT2D eigenvalue weighted by atomic mass is 35.5. The molecule has 0 aliphatic carbocycles. The van der Waals surface area contributed by atoms with Gasteiger partial charge in [-0.25, -0.2) is 0 Å². The Labute approximate surface area is 198 Å². The quantitative estimate of drug-likeness (QED) is 0.270. The molecule has 5 aromatic rings. The summed E-state index contributed by atoms with van der Waals surface area (Å²) in [7, 11) is 0. The summed E-state index contributed by atoms with van der Waals surface area (Å²) in [4.78, 5) is 13.3. The van der Waals surface area contributed by atoms with E-state index in [1.165, 1.54) is 16.9 Å². The molecule has 0 saturated carbocycles. The topological polar surface area (TPSA) is 52.2 Å². The molecule has 3 heterocycles. The first-order chi connectivity index (χ1) is 15.5. The van der Waals surface area contributed by atoms with Gasteiger partial charge in [0.15, 0.2) is 5.16 Å². The smallest absolute Gasteiger partial charge is 0.271 e. The maximum absolute atomic E-state index is 13.3. The molecule has 0 bridgehead atoms. The summed E-state index contributed by atoms with van der Waals surface area (Å²) in [6.07, 6.45) is 0. The second kappa shape index (κ2) is 8.73. The minimum atomic E-state index is -0.0305. The van der Waals surface area contributed by atoms with Crippen molar-refractivity contribution in [3.05, 3.63) is 92.0 Å². The van der Waals surface area contributed by atoms with Gasteiger partial charge in [-0.05, 0) is 46.2 Å². The Hall–Kier alpha value is -2.61. The SMILES string of the molecule is CC(C)c1ccc(Cn2c(=O)c3sccc3n3c(SCc4ccc(Cl)cc4)nnc23)cc1. The number of fused-ring (bicyclic) bond motifs is 3. The summed E-state index contributed by atoms with van der Waals surface area (Å²) in [5.74, 6) is 1.77. The van der Waals surface area contributed by atoms with Crippen molar-refractivity contribution in [2.45, 2.75) is 37.2 Å². The molecule has 0 spiro atoms. The average molecular weight is 481 g/mol. The van der Waals surface area contributed by atoms with E-state index in [1.54, 1.807) is 16.3 Å². The van der Waals surface area contributed by atoms with Crippen LogP contribution in [0.4, 0.5) is 0 Å². The van der Waals surface area contributed by atoms with Gasteiger partial charge < -0.3 is 0 Å². The Balaban J connectivity index is 1.55. The molecule has 8 heteroatoms. The van der Waals surface area contributed by atoms with Crippen LogP contribution in [0, 0.1) is 0 Å². The molecule has 3 aromatic heterocycles. The van der Waals surface area contributed by atoms with Gasteiger partial charge in [0.1, 0.15) is 4.70 Å². The van der Waals surface area contributed by atoms with Crippen molar-refractivity contribution in [2.24, 2.45) is 0 Å². The van der Waals surface area contributed by atoms with E-state index in [-0.39, 0.29) is 5.56 Å². The lowest BCUT2D eigenvalue weighted by atomic mass is 10.0. The molecular weight excluding hydrogens is 460 g/mol. The fourth-order valence-electron chi connectivity index (χ4n) is 3.65. The maximum atomic E-state index is 13.3. The van der Waals surface area contributed by atoms with E-state index >= 15 is 0 Å². The number of aromatic nitrogens is 4. The van der Waals surface area contributed by atoms with E-state index in [0.717, 1.165) is 32.6 Å². The zero-order valence-corrected chi connectivity index (χ0v) is 20.0. The van der Waals surface area contributed by atoms with Crippen LogP contribution >= 0.6 is 34.7 Å². The number of halogens is 1. The van der Waals surface area contributed by atoms with Crippen LogP contribution in [0.5, 0.6) is 0 Å². The van der Waals surface area contributed by atoms with E-state index in [1.807, 2.05) is 40.1 Å². The molecule has 0 aliphatic rings. The Morgan fingerprint density at radius 1 is 1.00 bits per heavy atom. The molecular formula is C24H21ClN4OS2. The summed E-state index contributed by atoms with van der Waals surface area (Å²) in [6.45, 7) is 4.80. The van der Waals surface area contributed by atoms with Gasteiger partial charge in [0.25, 0.3) is 5.56 Å². The van der Waals surface area contributed by atoms with Crippen LogP contribution in [0.2, 0.25) is 5.02 Å². The first kappa shape index (κ1) is 21.2. The third-order valence-corrected chi connectivity index (χ3v) is 7.59. The number of hydrogen-bond acceptors (Lipinski definition) is 5. The van der Waals surface area contributed by atoms with Crippen LogP contribution in [-0.4, -0.2) is 19.2 Å². The van der Waals surface area contributed by atoms with Crippen LogP contribution in [0.15, 0.2) is 69.9 Å². The van der Waals surface area contributed by atoms with Crippen molar-refractivity contribution in [3.8, 4) is 0 Å². The highest BCUT2D eigenvalue weighted by Gasteiger charge is 2.18. The maximum Gasteiger partial charge on any atom is 0.273 e. The molecule has 0 saturated heterocycles. The summed E-state index contributed by atoms with van der Waals surface area (Å²) in [6, 6.07) is 18.2. The molecule has 32 heavy (non-hydrogen) atoms. The molecule has 0 N–H and O–H groups in total. The predicted molar refractivity (Wildman–Crippen MR) is 133 cm³/mol. The largest absolute Gasteiger partial charge is 0.273 e. The normalized spacial score (nSPS) is 11.8. The Morgan fingerprint density at radius 3 is 2.44 bits per heavy atom. The van der Waals surface area contributed by atoms with Crippen molar-refractivity contribution < 1.29 is 0 Å². The van der Waals surface area contributed by atoms with Crippen LogP contribution in [0.25, 0.3) is 16.0 Å². The van der Waals surface area contributed by atoms with Crippen LogP contribution in [0.3, 0.4) is 0 Å². The number of thiophene rings is 1. The molecule has 0 aliphatic heterocycles. The van der Waals surface area contributed by atoms with Crippen LogP contribution < -0.4 is 5.56 Å². The van der Waals surface area contributed by atoms with Crippen molar-refractivity contribution in [3.63, 3.8) is 0 Å². The Morgan fingerprint density at radius 2 is 1.72 bits per heavy atom. The highest BCUT2D eigenvalue weighted by molar-refractivity contribution is 7.98. The van der Waals surface area contributed by atoms with Crippen molar-refractivity contribution in [2.75, 3.05) is 0 Å². The van der Waals surface area contributed by atoms with Crippen LogP contribution in [-0.2, 0) is 12.3 Å². The lowest BCUT2D eigenvalue weighted by Crippen LogP contribution is -2.23. The Bertz CT molecular complexity index is 1450. The zero-order valence-electron chi connectivity index (χ0n) is 17.7. The van der Waals surface area contributed by atoms with Gasteiger partial charge in [-0.15, -0.1) is 21.5 Å². The minimum Gasteiger partial charge on any atom is -0.271 e. The first-order valence-corrected chi connectivity index (χ1v) is 12.6. The number of hydrogen-bond donors (Lipinski definition) is 0. The van der Waals surface area contributed by atoms with Gasteiger partial charge in [-0.2, -0.15) is 0 Å². The monoisotopic (exact) mass is 480 g/mol. The minimum absolute atomic E-state index is 0.0305. The number of benzene rings is 2. The molecule has 2 aromatic carbocycles. The molecule has 0 amide bonds. The predicted octanol–water partition coefficient (Wildman–Crippen LogP) is 6.22. The van der Waals surface area contributed by atoms with Gasteiger partial charge >= 0.3 is 0 Å². The van der Waals surface area contributed by atoms with Crippen LogP contribution in [0.1, 0.15) is 36.5 Å². The van der Waals surface area contributed by atoms with E-state index < -0.39 is 0 Å². The van der Waals surface area contributed by atoms with Crippen molar-refractivity contribution in [1.82, 2.24) is 19.2 Å². The molecule has 0 unspecified atom stereocenters. The molecule has 0 fully saturated rings. The third-order valence-electron chi connectivity index (χ3n) is 5.45. The van der Waals surface area contributed by atoms with Gasteiger partial charge in [-0.1, -0.05) is 73.6 Å². The molecule has 0 atom stereocenters. The molecule has 5 rings (SSSR count). The van der Waals surface area contributed by atoms with Gasteiger partial charge in [0.2, 0.25) is 5.78 Å². The number of rotatable bonds is 6. The summed E-state index contributed by atoms with van der Waals surface area (Å²) < 4.78 is 4.43. The van der Waals surface area contributed by atoms with Gasteiger partial charge in [-0.3, -0.25) is 13.8 Å². The molecule has 162 valence electrons. The van der Waals surface area contributed by atoms with E-state index in [9.17, 15) is 4.79 Å². The number of thioether (sulfide) groups is 1. The van der Waals surface area contributed by atoms with Gasteiger partial charge in [0, 0.05) is 10.8 Å². The van der Waals surface area contributed by atoms with Crippen molar-refractivity contribution in [1.29, 1.82) is 0 Å². The third kappa shape index (κ3) is 3.96. The summed E-state index contributed by atoms with van der Waals surface area (Å²) in [5, 5.41) is 12.3. The standard InChI is InChI=1S/C24H21ClN4OS2/c1-15(2)18-7-3-16(4-8-18)13-28-22(30)21-20(11-12-31-21)29-23(28)26-27-24(29)32-14-17-5-9-19(25)10-6-17/h3-12,15H,13-14H2,1-2H3. The zero-order chi connectivity index (χ0) is 22.2. The van der Waals surface area contributed by atoms with E-state index in [0.29, 0.717) is 22.9 Å². The van der Waals surface area contributed by atoms with E-state index in [2.05, 4.69) is 48.3 Å². The summed E-state index contributed by atoms with van der Waals surface area (Å²) >= 11 is 9.05. The molecule has 5 nitrogen and oxygen atoms in total. The highest BCUT2D eigenvalue weighted by Crippen LogP contribution is 2.27. The van der Waals surface area contributed by atoms with Crippen molar-refractivity contribution >= 4 is 50.7 Å². The Kier molecular flexibility index (Phi) is 5.80. The average Bonchev–Trinajstić information content (AvgIpc) is 3.44.